The van der Waals surface area contributed by atoms with Gasteiger partial charge in [0.15, 0.2) is 0 Å². The van der Waals surface area contributed by atoms with Crippen LogP contribution in [0.2, 0.25) is 5.02 Å². The van der Waals surface area contributed by atoms with Crippen LogP contribution >= 0.6 is 11.6 Å². The molecule has 1 nitrogen and oxygen atoms in total. The summed E-state index contributed by atoms with van der Waals surface area (Å²) in [6.07, 6.45) is 2.55. The Hall–Kier alpha value is -0.600. The SMILES string of the molecule is CCNC(c1ccc(Cl)cc1F)C(C)C1CC1. The van der Waals surface area contributed by atoms with Gasteiger partial charge < -0.3 is 5.32 Å². The molecule has 0 radical (unpaired) electrons. The Labute approximate surface area is 107 Å². The second-order valence-corrected chi connectivity index (χ2v) is 5.33. The molecule has 17 heavy (non-hydrogen) atoms. The molecule has 1 aromatic carbocycles. The van der Waals surface area contributed by atoms with Gasteiger partial charge in [0.25, 0.3) is 0 Å². The lowest BCUT2D eigenvalue weighted by molar-refractivity contribution is 0.345. The highest BCUT2D eigenvalue weighted by atomic mass is 35.5. The Morgan fingerprint density at radius 3 is 2.71 bits per heavy atom. The molecule has 2 rings (SSSR count). The molecule has 0 amide bonds. The highest BCUT2D eigenvalue weighted by molar-refractivity contribution is 6.30. The molecule has 0 spiro atoms. The molecule has 1 aliphatic carbocycles. The molecule has 1 aromatic rings. The Bertz CT molecular complexity index is 390. The Kier molecular flexibility index (Phi) is 4.05. The van der Waals surface area contributed by atoms with Gasteiger partial charge in [-0.25, -0.2) is 4.39 Å². The van der Waals surface area contributed by atoms with Gasteiger partial charge in [0.2, 0.25) is 0 Å². The van der Waals surface area contributed by atoms with Gasteiger partial charge in [0, 0.05) is 16.6 Å². The van der Waals surface area contributed by atoms with Gasteiger partial charge in [-0.3, -0.25) is 0 Å². The van der Waals surface area contributed by atoms with Crippen molar-refractivity contribution in [2.75, 3.05) is 6.54 Å². The van der Waals surface area contributed by atoms with E-state index in [1.165, 1.54) is 18.9 Å². The normalized spacial score (nSPS) is 19.1. The van der Waals surface area contributed by atoms with Gasteiger partial charge in [0.05, 0.1) is 0 Å². The van der Waals surface area contributed by atoms with Crippen LogP contribution in [0, 0.1) is 17.7 Å². The van der Waals surface area contributed by atoms with Gasteiger partial charge in [0.1, 0.15) is 5.82 Å². The highest BCUT2D eigenvalue weighted by Crippen LogP contribution is 2.43. The van der Waals surface area contributed by atoms with Gasteiger partial charge in [-0.15, -0.1) is 0 Å². The van der Waals surface area contributed by atoms with E-state index >= 15 is 0 Å². The maximum Gasteiger partial charge on any atom is 0.129 e. The maximum absolute atomic E-state index is 13.9. The largest absolute Gasteiger partial charge is 0.310 e. The van der Waals surface area contributed by atoms with Crippen LogP contribution in [0.4, 0.5) is 4.39 Å². The Morgan fingerprint density at radius 1 is 1.47 bits per heavy atom. The molecule has 1 fully saturated rings. The third-order valence-corrected chi connectivity index (χ3v) is 3.85. The van der Waals surface area contributed by atoms with E-state index in [4.69, 9.17) is 11.6 Å². The molecule has 94 valence electrons. The number of halogens is 2. The van der Waals surface area contributed by atoms with E-state index in [1.807, 2.05) is 6.07 Å². The number of nitrogens with one attached hydrogen (secondary N) is 1. The summed E-state index contributed by atoms with van der Waals surface area (Å²) in [7, 11) is 0. The van der Waals surface area contributed by atoms with E-state index in [2.05, 4.69) is 19.2 Å². The average molecular weight is 256 g/mol. The maximum atomic E-state index is 13.9. The number of rotatable bonds is 5. The first-order valence-corrected chi connectivity index (χ1v) is 6.69. The van der Waals surface area contributed by atoms with E-state index in [0.717, 1.165) is 18.0 Å². The molecule has 0 heterocycles. The van der Waals surface area contributed by atoms with Crippen LogP contribution in [0.3, 0.4) is 0 Å². The van der Waals surface area contributed by atoms with Gasteiger partial charge in [-0.05, 0) is 43.4 Å². The van der Waals surface area contributed by atoms with E-state index in [0.29, 0.717) is 10.9 Å². The predicted molar refractivity (Wildman–Crippen MR) is 69.7 cm³/mol. The monoisotopic (exact) mass is 255 g/mol. The summed E-state index contributed by atoms with van der Waals surface area (Å²) in [5.41, 5.74) is 0.746. The van der Waals surface area contributed by atoms with Gasteiger partial charge in [-0.2, -0.15) is 0 Å². The first kappa shape index (κ1) is 12.8. The third kappa shape index (κ3) is 2.99. The van der Waals surface area contributed by atoms with Crippen LogP contribution in [0.1, 0.15) is 38.3 Å². The summed E-state index contributed by atoms with van der Waals surface area (Å²) in [5, 5.41) is 3.86. The molecule has 1 aliphatic rings. The van der Waals surface area contributed by atoms with E-state index in [1.54, 1.807) is 6.07 Å². The van der Waals surface area contributed by atoms with Crippen molar-refractivity contribution in [2.24, 2.45) is 11.8 Å². The molecule has 0 aromatic heterocycles. The fraction of sp³-hybridized carbons (Fsp3) is 0.571. The molecule has 0 saturated heterocycles. The van der Waals surface area contributed by atoms with E-state index in [-0.39, 0.29) is 11.9 Å². The number of hydrogen-bond donors (Lipinski definition) is 1. The third-order valence-electron chi connectivity index (χ3n) is 3.61. The summed E-state index contributed by atoms with van der Waals surface area (Å²) in [6, 6.07) is 5.08. The molecule has 2 unspecified atom stereocenters. The van der Waals surface area contributed by atoms with Crippen LogP contribution in [-0.2, 0) is 0 Å². The fourth-order valence-corrected chi connectivity index (χ4v) is 2.61. The molecule has 0 aliphatic heterocycles. The molecule has 0 bridgehead atoms. The molecular formula is C14H19ClFN. The standard InChI is InChI=1S/C14H19ClFN/c1-3-17-14(9(2)10-4-5-10)12-7-6-11(15)8-13(12)16/h6-10,14,17H,3-5H2,1-2H3. The smallest absolute Gasteiger partial charge is 0.129 e. The van der Waals surface area contributed by atoms with Gasteiger partial charge in [-0.1, -0.05) is 31.5 Å². The topological polar surface area (TPSA) is 12.0 Å². The van der Waals surface area contributed by atoms with Crippen LogP contribution in [0.5, 0.6) is 0 Å². The van der Waals surface area contributed by atoms with Crippen LogP contribution in [0.25, 0.3) is 0 Å². The first-order valence-electron chi connectivity index (χ1n) is 6.31. The van der Waals surface area contributed by atoms with E-state index in [9.17, 15) is 4.39 Å². The second kappa shape index (κ2) is 5.36. The summed E-state index contributed by atoms with van der Waals surface area (Å²) in [6.45, 7) is 5.11. The number of benzene rings is 1. The molecule has 2 atom stereocenters. The summed E-state index contributed by atoms with van der Waals surface area (Å²) < 4.78 is 13.9. The van der Waals surface area contributed by atoms with Crippen molar-refractivity contribution >= 4 is 11.6 Å². The van der Waals surface area contributed by atoms with Crippen molar-refractivity contribution in [1.82, 2.24) is 5.32 Å². The summed E-state index contributed by atoms with van der Waals surface area (Å²) in [5.74, 6) is 1.02. The minimum Gasteiger partial charge on any atom is -0.310 e. The Balaban J connectivity index is 2.24. The zero-order chi connectivity index (χ0) is 12.4. The molecule has 1 N–H and O–H groups in total. The lowest BCUT2D eigenvalue weighted by Gasteiger charge is -2.25. The zero-order valence-electron chi connectivity index (χ0n) is 10.3. The summed E-state index contributed by atoms with van der Waals surface area (Å²) in [4.78, 5) is 0. The second-order valence-electron chi connectivity index (χ2n) is 4.90. The van der Waals surface area contributed by atoms with Crippen LogP contribution in [0.15, 0.2) is 18.2 Å². The van der Waals surface area contributed by atoms with Crippen molar-refractivity contribution in [3.8, 4) is 0 Å². The highest BCUT2D eigenvalue weighted by Gasteiger charge is 2.34. The van der Waals surface area contributed by atoms with Crippen molar-refractivity contribution in [1.29, 1.82) is 0 Å². The fourth-order valence-electron chi connectivity index (χ4n) is 2.45. The van der Waals surface area contributed by atoms with Crippen molar-refractivity contribution < 1.29 is 4.39 Å². The predicted octanol–water partition coefficient (Wildman–Crippen LogP) is 4.18. The molecule has 1 saturated carbocycles. The minimum absolute atomic E-state index is 0.102. The molecule has 3 heteroatoms. The zero-order valence-corrected chi connectivity index (χ0v) is 11.1. The van der Waals surface area contributed by atoms with Crippen LogP contribution in [-0.4, -0.2) is 6.54 Å². The number of hydrogen-bond acceptors (Lipinski definition) is 1. The Morgan fingerprint density at radius 2 is 2.18 bits per heavy atom. The van der Waals surface area contributed by atoms with Crippen molar-refractivity contribution in [3.05, 3.63) is 34.6 Å². The molecular weight excluding hydrogens is 237 g/mol. The van der Waals surface area contributed by atoms with Crippen LogP contribution < -0.4 is 5.32 Å². The lowest BCUT2D eigenvalue weighted by Crippen LogP contribution is -2.28. The average Bonchev–Trinajstić information content (AvgIpc) is 3.10. The first-order chi connectivity index (χ1) is 8.13. The van der Waals surface area contributed by atoms with Crippen molar-refractivity contribution in [3.63, 3.8) is 0 Å². The van der Waals surface area contributed by atoms with E-state index < -0.39 is 0 Å². The summed E-state index contributed by atoms with van der Waals surface area (Å²) >= 11 is 5.79. The lowest BCUT2D eigenvalue weighted by atomic mass is 9.90. The quantitative estimate of drug-likeness (QED) is 0.833. The van der Waals surface area contributed by atoms with Crippen molar-refractivity contribution in [2.45, 2.75) is 32.7 Å². The minimum atomic E-state index is -0.198. The van der Waals surface area contributed by atoms with Gasteiger partial charge >= 0.3 is 0 Å².